The van der Waals surface area contributed by atoms with Crippen molar-refractivity contribution in [1.82, 2.24) is 4.40 Å². The highest BCUT2D eigenvalue weighted by Crippen LogP contribution is 2.18. The molecular weight excluding hydrogens is 176 g/mol. The van der Waals surface area contributed by atoms with Crippen molar-refractivity contribution in [2.45, 2.75) is 6.42 Å². The van der Waals surface area contributed by atoms with Crippen LogP contribution in [-0.4, -0.2) is 18.1 Å². The van der Waals surface area contributed by atoms with E-state index in [2.05, 4.69) is 10.5 Å². The van der Waals surface area contributed by atoms with E-state index in [0.29, 0.717) is 6.54 Å². The van der Waals surface area contributed by atoms with E-state index in [1.54, 1.807) is 7.11 Å². The standard InChI is InChI=1S/C11H14N2O/c1-14-10-4-7-13-6-3-9(2-5-12)11(13)8-10/h3-4,6-8H,2,5,12H2,1H3. The van der Waals surface area contributed by atoms with Gasteiger partial charge in [-0.15, -0.1) is 0 Å². The lowest BCUT2D eigenvalue weighted by Gasteiger charge is -2.02. The van der Waals surface area contributed by atoms with Crippen molar-refractivity contribution >= 4 is 5.52 Å². The van der Waals surface area contributed by atoms with Crippen LogP contribution in [0.2, 0.25) is 0 Å². The Morgan fingerprint density at radius 2 is 2.14 bits per heavy atom. The van der Waals surface area contributed by atoms with Gasteiger partial charge in [-0.25, -0.2) is 0 Å². The summed E-state index contributed by atoms with van der Waals surface area (Å²) in [6, 6.07) is 6.08. The van der Waals surface area contributed by atoms with Gasteiger partial charge in [0.05, 0.1) is 12.6 Å². The third-order valence-electron chi connectivity index (χ3n) is 2.37. The van der Waals surface area contributed by atoms with Gasteiger partial charge in [-0.1, -0.05) is 0 Å². The summed E-state index contributed by atoms with van der Waals surface area (Å²) in [7, 11) is 1.68. The molecule has 2 aromatic heterocycles. The number of aromatic nitrogens is 1. The second kappa shape index (κ2) is 3.72. The molecule has 74 valence electrons. The van der Waals surface area contributed by atoms with E-state index >= 15 is 0 Å². The maximum absolute atomic E-state index is 5.54. The van der Waals surface area contributed by atoms with E-state index in [9.17, 15) is 0 Å². The summed E-state index contributed by atoms with van der Waals surface area (Å²) in [5.74, 6) is 0.884. The molecule has 3 nitrogen and oxygen atoms in total. The summed E-state index contributed by atoms with van der Waals surface area (Å²) in [5.41, 5.74) is 7.99. The molecule has 0 aliphatic carbocycles. The minimum atomic E-state index is 0.677. The molecule has 0 spiro atoms. The zero-order chi connectivity index (χ0) is 9.97. The highest BCUT2D eigenvalue weighted by atomic mass is 16.5. The molecule has 2 N–H and O–H groups in total. The largest absolute Gasteiger partial charge is 0.497 e. The first-order valence-corrected chi connectivity index (χ1v) is 4.69. The first-order valence-electron chi connectivity index (χ1n) is 4.69. The van der Waals surface area contributed by atoms with Crippen molar-refractivity contribution < 1.29 is 4.74 Å². The van der Waals surface area contributed by atoms with Gasteiger partial charge < -0.3 is 14.9 Å². The van der Waals surface area contributed by atoms with Gasteiger partial charge in [0, 0.05) is 18.5 Å². The Kier molecular flexibility index (Phi) is 2.41. The lowest BCUT2D eigenvalue weighted by atomic mass is 10.2. The van der Waals surface area contributed by atoms with Crippen molar-refractivity contribution in [2.75, 3.05) is 13.7 Å². The molecule has 0 unspecified atom stereocenters. The SMILES string of the molecule is COc1ccn2ccc(CCN)c2c1. The number of pyridine rings is 1. The Bertz CT molecular complexity index is 434. The van der Waals surface area contributed by atoms with Crippen molar-refractivity contribution in [3.63, 3.8) is 0 Å². The minimum absolute atomic E-state index is 0.677. The Morgan fingerprint density at radius 3 is 2.86 bits per heavy atom. The number of ether oxygens (including phenoxy) is 1. The van der Waals surface area contributed by atoms with Gasteiger partial charge in [-0.2, -0.15) is 0 Å². The highest BCUT2D eigenvalue weighted by molar-refractivity contribution is 5.58. The summed E-state index contributed by atoms with van der Waals surface area (Å²) < 4.78 is 7.26. The number of nitrogens with zero attached hydrogens (tertiary/aromatic N) is 1. The van der Waals surface area contributed by atoms with Crippen LogP contribution in [0, 0.1) is 0 Å². The number of methoxy groups -OCH3 is 1. The molecule has 2 rings (SSSR count). The van der Waals surface area contributed by atoms with E-state index in [-0.39, 0.29) is 0 Å². The lowest BCUT2D eigenvalue weighted by Crippen LogP contribution is -2.02. The smallest absolute Gasteiger partial charge is 0.122 e. The zero-order valence-electron chi connectivity index (χ0n) is 8.23. The van der Waals surface area contributed by atoms with Gasteiger partial charge in [0.25, 0.3) is 0 Å². The van der Waals surface area contributed by atoms with Crippen LogP contribution in [0.4, 0.5) is 0 Å². The predicted molar refractivity (Wildman–Crippen MR) is 56.7 cm³/mol. The molecule has 3 heteroatoms. The molecule has 14 heavy (non-hydrogen) atoms. The van der Waals surface area contributed by atoms with Crippen molar-refractivity contribution in [1.29, 1.82) is 0 Å². The fraction of sp³-hybridized carbons (Fsp3) is 0.273. The van der Waals surface area contributed by atoms with E-state index in [1.807, 2.05) is 24.5 Å². The molecule has 0 aliphatic rings. The monoisotopic (exact) mass is 190 g/mol. The van der Waals surface area contributed by atoms with Crippen LogP contribution in [-0.2, 0) is 6.42 Å². The molecule has 2 heterocycles. The van der Waals surface area contributed by atoms with Crippen LogP contribution in [0.1, 0.15) is 5.56 Å². The first kappa shape index (κ1) is 9.09. The minimum Gasteiger partial charge on any atom is -0.497 e. The van der Waals surface area contributed by atoms with Gasteiger partial charge in [0.15, 0.2) is 0 Å². The average Bonchev–Trinajstić information content (AvgIpc) is 2.61. The molecule has 0 saturated carbocycles. The van der Waals surface area contributed by atoms with Gasteiger partial charge in [0.1, 0.15) is 5.75 Å². The van der Waals surface area contributed by atoms with Gasteiger partial charge >= 0.3 is 0 Å². The number of nitrogens with two attached hydrogens (primary N) is 1. The molecule has 0 saturated heterocycles. The predicted octanol–water partition coefficient (Wildman–Crippen LogP) is 1.45. The topological polar surface area (TPSA) is 39.7 Å². The maximum Gasteiger partial charge on any atom is 0.122 e. The Morgan fingerprint density at radius 1 is 1.36 bits per heavy atom. The Balaban J connectivity index is 2.52. The van der Waals surface area contributed by atoms with Crippen LogP contribution in [0.15, 0.2) is 30.6 Å². The second-order valence-electron chi connectivity index (χ2n) is 3.24. The third-order valence-corrected chi connectivity index (χ3v) is 2.37. The maximum atomic E-state index is 5.54. The van der Waals surface area contributed by atoms with Crippen LogP contribution < -0.4 is 10.5 Å². The summed E-state index contributed by atoms with van der Waals surface area (Å²) in [6.45, 7) is 0.677. The van der Waals surface area contributed by atoms with Crippen LogP contribution in [0.25, 0.3) is 5.52 Å². The molecule has 0 aliphatic heterocycles. The van der Waals surface area contributed by atoms with Crippen molar-refractivity contribution in [3.8, 4) is 5.75 Å². The molecule has 2 aromatic rings. The van der Waals surface area contributed by atoms with Crippen LogP contribution in [0.3, 0.4) is 0 Å². The summed E-state index contributed by atoms with van der Waals surface area (Å²) in [6.07, 6.45) is 4.94. The van der Waals surface area contributed by atoms with Crippen molar-refractivity contribution in [2.24, 2.45) is 5.73 Å². The van der Waals surface area contributed by atoms with Gasteiger partial charge in [0.2, 0.25) is 0 Å². The van der Waals surface area contributed by atoms with Gasteiger partial charge in [-0.05, 0) is 30.7 Å². The molecular formula is C11H14N2O. The summed E-state index contributed by atoms with van der Waals surface area (Å²) in [5, 5.41) is 0. The Labute approximate surface area is 83.1 Å². The lowest BCUT2D eigenvalue weighted by molar-refractivity contribution is 0.414. The normalized spacial score (nSPS) is 10.7. The number of rotatable bonds is 3. The molecule has 0 aromatic carbocycles. The van der Waals surface area contributed by atoms with E-state index in [4.69, 9.17) is 10.5 Å². The van der Waals surface area contributed by atoms with Crippen LogP contribution in [0.5, 0.6) is 5.75 Å². The molecule has 0 atom stereocenters. The molecule has 0 radical (unpaired) electrons. The Hall–Kier alpha value is -1.48. The number of fused-ring (bicyclic) bond motifs is 1. The fourth-order valence-corrected chi connectivity index (χ4v) is 1.63. The van der Waals surface area contributed by atoms with Crippen LogP contribution >= 0.6 is 0 Å². The third kappa shape index (κ3) is 1.46. The number of hydrogen-bond donors (Lipinski definition) is 1. The first-order chi connectivity index (χ1) is 6.85. The molecule has 0 amide bonds. The van der Waals surface area contributed by atoms with Crippen molar-refractivity contribution in [3.05, 3.63) is 36.2 Å². The molecule has 0 fully saturated rings. The van der Waals surface area contributed by atoms with E-state index in [1.165, 1.54) is 11.1 Å². The van der Waals surface area contributed by atoms with E-state index in [0.717, 1.165) is 12.2 Å². The fourth-order valence-electron chi connectivity index (χ4n) is 1.63. The van der Waals surface area contributed by atoms with Gasteiger partial charge in [-0.3, -0.25) is 0 Å². The summed E-state index contributed by atoms with van der Waals surface area (Å²) in [4.78, 5) is 0. The van der Waals surface area contributed by atoms with E-state index < -0.39 is 0 Å². The quantitative estimate of drug-likeness (QED) is 0.795. The molecule has 0 bridgehead atoms. The zero-order valence-corrected chi connectivity index (χ0v) is 8.23. The average molecular weight is 190 g/mol. The highest BCUT2D eigenvalue weighted by Gasteiger charge is 2.02. The number of hydrogen-bond acceptors (Lipinski definition) is 2. The summed E-state index contributed by atoms with van der Waals surface area (Å²) >= 11 is 0. The second-order valence-corrected chi connectivity index (χ2v) is 3.24.